The summed E-state index contributed by atoms with van der Waals surface area (Å²) in [6.45, 7) is -0.410. The molecule has 21 heavy (non-hydrogen) atoms. The summed E-state index contributed by atoms with van der Waals surface area (Å²) in [7, 11) is 0. The summed E-state index contributed by atoms with van der Waals surface area (Å²) in [5.41, 5.74) is 2.28. The highest BCUT2D eigenvalue weighted by Gasteiger charge is 2.08. The molecule has 0 saturated heterocycles. The summed E-state index contributed by atoms with van der Waals surface area (Å²) in [5.74, 6) is -0.563. The number of carboxylic acid groups (broad SMARTS) is 1. The number of halogens is 1. The summed E-state index contributed by atoms with van der Waals surface area (Å²) >= 11 is 5.98. The highest BCUT2D eigenvalue weighted by atomic mass is 35.5. The van der Waals surface area contributed by atoms with Crippen LogP contribution in [0.2, 0.25) is 5.02 Å². The standard InChI is InChI=1S/C16H12ClNO3/c17-14-4-5-15(21-10-16(19)20)13(8-14)7-11-2-1-3-12(6-11)9-18/h1-6,8H,7,10H2,(H,19,20). The van der Waals surface area contributed by atoms with Gasteiger partial charge in [0.15, 0.2) is 6.61 Å². The topological polar surface area (TPSA) is 70.3 Å². The van der Waals surface area contributed by atoms with Crippen LogP contribution in [0.5, 0.6) is 5.75 Å². The van der Waals surface area contributed by atoms with Crippen LogP contribution in [0.4, 0.5) is 0 Å². The normalized spacial score (nSPS) is 9.90. The van der Waals surface area contributed by atoms with Crippen molar-refractivity contribution in [3.8, 4) is 11.8 Å². The summed E-state index contributed by atoms with van der Waals surface area (Å²) in [6, 6.07) is 14.3. The Bertz CT molecular complexity index is 707. The lowest BCUT2D eigenvalue weighted by Gasteiger charge is -2.11. The SMILES string of the molecule is N#Cc1cccc(Cc2cc(Cl)ccc2OCC(=O)O)c1. The van der Waals surface area contributed by atoms with Gasteiger partial charge in [-0.15, -0.1) is 0 Å². The van der Waals surface area contributed by atoms with Crippen molar-refractivity contribution in [2.45, 2.75) is 6.42 Å². The molecule has 0 atom stereocenters. The van der Waals surface area contributed by atoms with Gasteiger partial charge in [-0.2, -0.15) is 5.26 Å². The van der Waals surface area contributed by atoms with E-state index in [-0.39, 0.29) is 0 Å². The van der Waals surface area contributed by atoms with Crippen molar-refractivity contribution in [3.63, 3.8) is 0 Å². The van der Waals surface area contributed by atoms with E-state index in [0.717, 1.165) is 11.1 Å². The van der Waals surface area contributed by atoms with Gasteiger partial charge in [-0.05, 0) is 41.5 Å². The summed E-state index contributed by atoms with van der Waals surface area (Å²) in [5, 5.41) is 18.1. The number of aliphatic carboxylic acids is 1. The summed E-state index contributed by atoms with van der Waals surface area (Å²) in [4.78, 5) is 10.6. The first-order valence-electron chi connectivity index (χ1n) is 6.20. The molecular formula is C16H12ClNO3. The molecule has 0 saturated carbocycles. The van der Waals surface area contributed by atoms with E-state index in [1.807, 2.05) is 6.07 Å². The monoisotopic (exact) mass is 301 g/mol. The van der Waals surface area contributed by atoms with Crippen molar-refractivity contribution < 1.29 is 14.6 Å². The molecule has 4 nitrogen and oxygen atoms in total. The van der Waals surface area contributed by atoms with E-state index in [0.29, 0.717) is 22.8 Å². The number of ether oxygens (including phenoxy) is 1. The lowest BCUT2D eigenvalue weighted by molar-refractivity contribution is -0.139. The third-order valence-electron chi connectivity index (χ3n) is 2.82. The fraction of sp³-hybridized carbons (Fsp3) is 0.125. The van der Waals surface area contributed by atoms with Crippen LogP contribution in [0.15, 0.2) is 42.5 Å². The first-order chi connectivity index (χ1) is 10.1. The molecule has 2 aromatic rings. The van der Waals surface area contributed by atoms with Crippen molar-refractivity contribution in [3.05, 3.63) is 64.2 Å². The predicted octanol–water partition coefficient (Wildman–Crippen LogP) is 3.27. The molecule has 0 bridgehead atoms. The van der Waals surface area contributed by atoms with E-state index in [9.17, 15) is 4.79 Å². The van der Waals surface area contributed by atoms with Crippen molar-refractivity contribution in [2.75, 3.05) is 6.61 Å². The summed E-state index contributed by atoms with van der Waals surface area (Å²) in [6.07, 6.45) is 0.505. The minimum absolute atomic E-state index is 0.410. The van der Waals surface area contributed by atoms with Gasteiger partial charge < -0.3 is 9.84 Å². The van der Waals surface area contributed by atoms with Gasteiger partial charge in [0.05, 0.1) is 11.6 Å². The fourth-order valence-electron chi connectivity index (χ4n) is 1.94. The first kappa shape index (κ1) is 14.9. The molecule has 0 radical (unpaired) electrons. The van der Waals surface area contributed by atoms with Gasteiger partial charge in [0.1, 0.15) is 5.75 Å². The van der Waals surface area contributed by atoms with Crippen molar-refractivity contribution in [2.24, 2.45) is 0 Å². The molecular weight excluding hydrogens is 290 g/mol. The number of nitrogens with zero attached hydrogens (tertiary/aromatic N) is 1. The Morgan fingerprint density at radius 2 is 2.10 bits per heavy atom. The van der Waals surface area contributed by atoms with Crippen LogP contribution in [0.25, 0.3) is 0 Å². The minimum atomic E-state index is -1.04. The maximum atomic E-state index is 10.6. The number of carboxylic acids is 1. The highest BCUT2D eigenvalue weighted by Crippen LogP contribution is 2.25. The number of nitriles is 1. The second kappa shape index (κ2) is 6.78. The zero-order valence-corrected chi connectivity index (χ0v) is 11.8. The Morgan fingerprint density at radius 3 is 2.81 bits per heavy atom. The Balaban J connectivity index is 2.27. The molecule has 0 amide bonds. The number of hydrogen-bond acceptors (Lipinski definition) is 3. The molecule has 0 spiro atoms. The molecule has 2 aromatic carbocycles. The van der Waals surface area contributed by atoms with Crippen LogP contribution in [-0.4, -0.2) is 17.7 Å². The van der Waals surface area contributed by atoms with Crippen LogP contribution in [-0.2, 0) is 11.2 Å². The molecule has 5 heteroatoms. The zero-order chi connectivity index (χ0) is 15.2. The fourth-order valence-corrected chi connectivity index (χ4v) is 2.13. The molecule has 106 valence electrons. The Labute approximate surface area is 127 Å². The van der Waals surface area contributed by atoms with Crippen molar-refractivity contribution >= 4 is 17.6 Å². The predicted molar refractivity (Wildman–Crippen MR) is 78.5 cm³/mol. The molecule has 0 aliphatic rings. The molecule has 0 aromatic heterocycles. The van der Waals surface area contributed by atoms with Gasteiger partial charge in [0.2, 0.25) is 0 Å². The quantitative estimate of drug-likeness (QED) is 0.920. The molecule has 0 aliphatic heterocycles. The smallest absolute Gasteiger partial charge is 0.341 e. The van der Waals surface area contributed by atoms with E-state index in [1.54, 1.807) is 36.4 Å². The van der Waals surface area contributed by atoms with Crippen LogP contribution in [0, 0.1) is 11.3 Å². The van der Waals surface area contributed by atoms with Gasteiger partial charge in [-0.25, -0.2) is 4.79 Å². The number of carbonyl (C=O) groups is 1. The second-order valence-electron chi connectivity index (χ2n) is 4.42. The third-order valence-corrected chi connectivity index (χ3v) is 3.06. The lowest BCUT2D eigenvalue weighted by atomic mass is 10.0. The summed E-state index contributed by atoms with van der Waals surface area (Å²) < 4.78 is 5.26. The zero-order valence-electron chi connectivity index (χ0n) is 11.0. The van der Waals surface area contributed by atoms with Crippen LogP contribution in [0.1, 0.15) is 16.7 Å². The van der Waals surface area contributed by atoms with Crippen LogP contribution in [0.3, 0.4) is 0 Å². The second-order valence-corrected chi connectivity index (χ2v) is 4.86. The average molecular weight is 302 g/mol. The third kappa shape index (κ3) is 4.23. The van der Waals surface area contributed by atoms with E-state index in [2.05, 4.69) is 6.07 Å². The van der Waals surface area contributed by atoms with Crippen LogP contribution >= 0.6 is 11.6 Å². The van der Waals surface area contributed by atoms with Crippen LogP contribution < -0.4 is 4.74 Å². The van der Waals surface area contributed by atoms with Gasteiger partial charge >= 0.3 is 5.97 Å². The Morgan fingerprint density at radius 1 is 1.29 bits per heavy atom. The molecule has 1 N–H and O–H groups in total. The van der Waals surface area contributed by atoms with Gasteiger partial charge in [-0.1, -0.05) is 23.7 Å². The molecule has 2 rings (SSSR count). The van der Waals surface area contributed by atoms with Gasteiger partial charge in [0, 0.05) is 11.4 Å². The number of benzene rings is 2. The number of rotatable bonds is 5. The molecule has 0 aliphatic carbocycles. The van der Waals surface area contributed by atoms with E-state index in [4.69, 9.17) is 26.7 Å². The van der Waals surface area contributed by atoms with Crippen molar-refractivity contribution in [1.29, 1.82) is 5.26 Å². The maximum absolute atomic E-state index is 10.6. The maximum Gasteiger partial charge on any atom is 0.341 e. The largest absolute Gasteiger partial charge is 0.482 e. The lowest BCUT2D eigenvalue weighted by Crippen LogP contribution is -2.10. The van der Waals surface area contributed by atoms with E-state index >= 15 is 0 Å². The highest BCUT2D eigenvalue weighted by molar-refractivity contribution is 6.30. The first-order valence-corrected chi connectivity index (χ1v) is 6.58. The molecule has 0 unspecified atom stereocenters. The van der Waals surface area contributed by atoms with Gasteiger partial charge in [-0.3, -0.25) is 0 Å². The number of hydrogen-bond donors (Lipinski definition) is 1. The Hall–Kier alpha value is -2.51. The molecule has 0 heterocycles. The van der Waals surface area contributed by atoms with E-state index in [1.165, 1.54) is 0 Å². The molecule has 0 fully saturated rings. The average Bonchev–Trinajstić information content (AvgIpc) is 2.46. The van der Waals surface area contributed by atoms with E-state index < -0.39 is 12.6 Å². The minimum Gasteiger partial charge on any atom is -0.482 e. The van der Waals surface area contributed by atoms with Gasteiger partial charge in [0.25, 0.3) is 0 Å². The Kier molecular flexibility index (Phi) is 4.81. The van der Waals surface area contributed by atoms with Crippen molar-refractivity contribution in [1.82, 2.24) is 0 Å².